The molecule has 0 aliphatic rings. The molecule has 0 radical (unpaired) electrons. The van der Waals surface area contributed by atoms with Gasteiger partial charge in [0.25, 0.3) is 0 Å². The van der Waals surface area contributed by atoms with Gasteiger partial charge in [0, 0.05) is 31.7 Å². The van der Waals surface area contributed by atoms with Crippen LogP contribution in [0.3, 0.4) is 0 Å². The lowest BCUT2D eigenvalue weighted by molar-refractivity contribution is 0.602. The van der Waals surface area contributed by atoms with Gasteiger partial charge in [0.05, 0.1) is 16.6 Å². The first-order valence-electron chi connectivity index (χ1n) is 10.3. The van der Waals surface area contributed by atoms with Crippen molar-refractivity contribution in [2.24, 2.45) is 4.99 Å². The lowest BCUT2D eigenvalue weighted by Crippen LogP contribution is -2.38. The van der Waals surface area contributed by atoms with E-state index in [0.717, 1.165) is 35.7 Å². The molecule has 1 heterocycles. The fourth-order valence-corrected chi connectivity index (χ4v) is 3.80. The highest BCUT2D eigenvalue weighted by Gasteiger charge is 2.10. The van der Waals surface area contributed by atoms with Crippen LogP contribution in [0.15, 0.2) is 76.9 Å². The molecule has 1 unspecified atom stereocenters. The summed E-state index contributed by atoms with van der Waals surface area (Å²) in [7, 11) is -3.17. The minimum atomic E-state index is -3.17. The maximum atomic E-state index is 11.6. The van der Waals surface area contributed by atoms with E-state index < -0.39 is 9.84 Å². The van der Waals surface area contributed by atoms with Crippen molar-refractivity contribution in [1.29, 1.82) is 0 Å². The van der Waals surface area contributed by atoms with Crippen LogP contribution in [0, 0.1) is 0 Å². The predicted octanol–water partition coefficient (Wildman–Crippen LogP) is 3.13. The van der Waals surface area contributed by atoms with Gasteiger partial charge < -0.3 is 10.6 Å². The monoisotopic (exact) mass is 439 g/mol. The zero-order valence-corrected chi connectivity index (χ0v) is 18.9. The van der Waals surface area contributed by atoms with Crippen molar-refractivity contribution in [2.45, 2.75) is 31.2 Å². The third-order valence-electron chi connectivity index (χ3n) is 4.86. The van der Waals surface area contributed by atoms with Crippen molar-refractivity contribution in [1.82, 2.24) is 20.4 Å². The van der Waals surface area contributed by atoms with Crippen molar-refractivity contribution in [3.63, 3.8) is 0 Å². The second-order valence-corrected chi connectivity index (χ2v) is 9.35. The molecule has 31 heavy (non-hydrogen) atoms. The average Bonchev–Trinajstić information content (AvgIpc) is 3.29. The summed E-state index contributed by atoms with van der Waals surface area (Å²) in [5.74, 6) is 0.743. The SMILES string of the molecule is CCNC(=NCCc1ccc(S(C)(=O)=O)cc1)NC(C)c1cccc(-n2cccn2)c1. The fraction of sp³-hybridized carbons (Fsp3) is 0.304. The van der Waals surface area contributed by atoms with Crippen molar-refractivity contribution in [3.05, 3.63) is 78.1 Å². The van der Waals surface area contributed by atoms with E-state index in [9.17, 15) is 8.42 Å². The largest absolute Gasteiger partial charge is 0.357 e. The summed E-state index contributed by atoms with van der Waals surface area (Å²) in [6.07, 6.45) is 5.63. The van der Waals surface area contributed by atoms with Gasteiger partial charge in [-0.25, -0.2) is 13.1 Å². The molecule has 3 rings (SSSR count). The Hall–Kier alpha value is -3.13. The number of sulfone groups is 1. The first-order valence-corrected chi connectivity index (χ1v) is 12.2. The van der Waals surface area contributed by atoms with Crippen molar-refractivity contribution >= 4 is 15.8 Å². The number of aliphatic imine (C=N–C) groups is 1. The summed E-state index contributed by atoms with van der Waals surface area (Å²) >= 11 is 0. The number of rotatable bonds is 8. The molecule has 0 aliphatic carbocycles. The van der Waals surface area contributed by atoms with Gasteiger partial charge in [-0.1, -0.05) is 24.3 Å². The van der Waals surface area contributed by atoms with E-state index in [1.54, 1.807) is 18.3 Å². The van der Waals surface area contributed by atoms with Crippen LogP contribution in [0.1, 0.15) is 31.0 Å². The molecule has 2 aromatic carbocycles. The van der Waals surface area contributed by atoms with Gasteiger partial charge in [-0.15, -0.1) is 0 Å². The Bertz CT molecular complexity index is 1110. The maximum absolute atomic E-state index is 11.6. The lowest BCUT2D eigenvalue weighted by Gasteiger charge is -2.19. The normalized spacial score (nSPS) is 13.1. The predicted molar refractivity (Wildman–Crippen MR) is 124 cm³/mol. The second kappa shape index (κ2) is 10.3. The van der Waals surface area contributed by atoms with Gasteiger partial charge >= 0.3 is 0 Å². The minimum Gasteiger partial charge on any atom is -0.357 e. The van der Waals surface area contributed by atoms with Crippen LogP contribution < -0.4 is 10.6 Å². The zero-order valence-electron chi connectivity index (χ0n) is 18.1. The van der Waals surface area contributed by atoms with E-state index >= 15 is 0 Å². The van der Waals surface area contributed by atoms with E-state index in [-0.39, 0.29) is 6.04 Å². The molecule has 8 heteroatoms. The summed E-state index contributed by atoms with van der Waals surface area (Å²) < 4.78 is 25.0. The fourth-order valence-electron chi connectivity index (χ4n) is 3.17. The molecule has 7 nitrogen and oxygen atoms in total. The van der Waals surface area contributed by atoms with Gasteiger partial charge in [-0.05, 0) is 61.7 Å². The highest BCUT2D eigenvalue weighted by atomic mass is 32.2. The molecule has 0 saturated heterocycles. The van der Waals surface area contributed by atoms with Crippen LogP contribution in [0.4, 0.5) is 0 Å². The summed E-state index contributed by atoms with van der Waals surface area (Å²) in [6, 6.07) is 17.2. The number of hydrogen-bond donors (Lipinski definition) is 2. The van der Waals surface area contributed by atoms with Crippen LogP contribution in [0.2, 0.25) is 0 Å². The van der Waals surface area contributed by atoms with Gasteiger partial charge in [-0.3, -0.25) is 4.99 Å². The summed E-state index contributed by atoms with van der Waals surface area (Å²) in [4.78, 5) is 5.01. The Labute approximate surface area is 184 Å². The van der Waals surface area contributed by atoms with Crippen LogP contribution in [0.5, 0.6) is 0 Å². The lowest BCUT2D eigenvalue weighted by atomic mass is 10.1. The Kier molecular flexibility index (Phi) is 7.46. The molecule has 1 aromatic heterocycles. The third kappa shape index (κ3) is 6.42. The molecule has 0 saturated carbocycles. The van der Waals surface area contributed by atoms with E-state index in [0.29, 0.717) is 11.4 Å². The zero-order chi connectivity index (χ0) is 22.3. The van der Waals surface area contributed by atoms with Crippen molar-refractivity contribution < 1.29 is 8.42 Å². The van der Waals surface area contributed by atoms with Crippen LogP contribution in [-0.2, 0) is 16.3 Å². The third-order valence-corrected chi connectivity index (χ3v) is 5.99. The molecule has 2 N–H and O–H groups in total. The molecule has 0 aliphatic heterocycles. The number of nitrogens with zero attached hydrogens (tertiary/aromatic N) is 3. The van der Waals surface area contributed by atoms with E-state index in [4.69, 9.17) is 0 Å². The Balaban J connectivity index is 1.63. The molecule has 0 amide bonds. The number of aromatic nitrogens is 2. The summed E-state index contributed by atoms with van der Waals surface area (Å²) in [5, 5.41) is 11.0. The second-order valence-electron chi connectivity index (χ2n) is 7.34. The topological polar surface area (TPSA) is 88.4 Å². The maximum Gasteiger partial charge on any atom is 0.191 e. The van der Waals surface area contributed by atoms with Gasteiger partial charge in [0.15, 0.2) is 15.8 Å². The molecule has 3 aromatic rings. The standard InChI is InChI=1S/C23H29N5O2S/c1-4-24-23(25-15-13-19-9-11-22(12-10-19)31(3,29)30)27-18(2)20-7-5-8-21(17-20)28-16-6-14-26-28/h5-12,14,16-18H,4,13,15H2,1-3H3,(H2,24,25,27). The Morgan fingerprint density at radius 1 is 1.16 bits per heavy atom. The number of hydrogen-bond acceptors (Lipinski definition) is 4. The van der Waals surface area contributed by atoms with Crippen LogP contribution >= 0.6 is 0 Å². The van der Waals surface area contributed by atoms with E-state index in [2.05, 4.69) is 39.8 Å². The Morgan fingerprint density at radius 3 is 2.58 bits per heavy atom. The highest BCUT2D eigenvalue weighted by molar-refractivity contribution is 7.90. The molecular weight excluding hydrogens is 410 g/mol. The van der Waals surface area contributed by atoms with Gasteiger partial charge in [0.1, 0.15) is 0 Å². The number of nitrogens with one attached hydrogen (secondary N) is 2. The summed E-state index contributed by atoms with van der Waals surface area (Å²) in [6.45, 7) is 5.48. The molecule has 0 fully saturated rings. The molecular formula is C23H29N5O2S. The van der Waals surface area contributed by atoms with Crippen LogP contribution in [-0.4, -0.2) is 43.5 Å². The first-order chi connectivity index (χ1) is 14.9. The van der Waals surface area contributed by atoms with Crippen molar-refractivity contribution in [3.8, 4) is 5.69 Å². The average molecular weight is 440 g/mol. The smallest absolute Gasteiger partial charge is 0.191 e. The Morgan fingerprint density at radius 2 is 1.94 bits per heavy atom. The minimum absolute atomic E-state index is 0.0577. The van der Waals surface area contributed by atoms with E-state index in [1.807, 2.05) is 48.1 Å². The number of benzene rings is 2. The first kappa shape index (κ1) is 22.6. The van der Waals surface area contributed by atoms with Crippen molar-refractivity contribution in [2.75, 3.05) is 19.3 Å². The van der Waals surface area contributed by atoms with E-state index in [1.165, 1.54) is 6.26 Å². The molecule has 0 bridgehead atoms. The van der Waals surface area contributed by atoms with Crippen LogP contribution in [0.25, 0.3) is 5.69 Å². The molecule has 1 atom stereocenters. The summed E-state index contributed by atoms with van der Waals surface area (Å²) in [5.41, 5.74) is 3.19. The molecule has 164 valence electrons. The highest BCUT2D eigenvalue weighted by Crippen LogP contribution is 2.16. The van der Waals surface area contributed by atoms with Gasteiger partial charge in [0.2, 0.25) is 0 Å². The molecule has 0 spiro atoms. The quantitative estimate of drug-likeness (QED) is 0.416. The van der Waals surface area contributed by atoms with Gasteiger partial charge in [-0.2, -0.15) is 5.10 Å². The number of guanidine groups is 1.